The maximum atomic E-state index is 12.2. The van der Waals surface area contributed by atoms with Crippen LogP contribution >= 0.6 is 0 Å². The number of nitrogens with zero attached hydrogens (tertiary/aromatic N) is 2. The van der Waals surface area contributed by atoms with Crippen LogP contribution in [0.2, 0.25) is 0 Å². The molecule has 0 fully saturated rings. The number of rotatable bonds is 1. The minimum Gasteiger partial charge on any atom is -0.399 e. The standard InChI is InChI=1S/C16H18N4O/c1-16(2,3)13-8-14(21)20-15(19-13)12(9-18-20)10-4-6-11(17)7-5-10/h4-9,19H,17H2,1-3H3. The predicted octanol–water partition coefficient (Wildman–Crippen LogP) is 2.57. The van der Waals surface area contributed by atoms with Gasteiger partial charge in [0.1, 0.15) is 5.65 Å². The van der Waals surface area contributed by atoms with Crippen molar-refractivity contribution in [3.63, 3.8) is 0 Å². The van der Waals surface area contributed by atoms with Crippen molar-refractivity contribution in [3.05, 3.63) is 52.6 Å². The monoisotopic (exact) mass is 282 g/mol. The third kappa shape index (κ3) is 2.31. The van der Waals surface area contributed by atoms with Crippen LogP contribution in [0.3, 0.4) is 0 Å². The van der Waals surface area contributed by atoms with E-state index in [1.54, 1.807) is 12.3 Å². The van der Waals surface area contributed by atoms with Crippen molar-refractivity contribution in [1.29, 1.82) is 0 Å². The first kappa shape index (κ1) is 13.4. The number of fused-ring (bicyclic) bond motifs is 1. The Morgan fingerprint density at radius 1 is 1.19 bits per heavy atom. The molecule has 0 saturated carbocycles. The first-order chi connectivity index (χ1) is 9.86. The molecule has 108 valence electrons. The summed E-state index contributed by atoms with van der Waals surface area (Å²) in [4.78, 5) is 15.5. The molecule has 0 amide bonds. The Balaban J connectivity index is 2.28. The normalized spacial score (nSPS) is 12.0. The second-order valence-electron chi connectivity index (χ2n) is 6.21. The molecule has 0 unspecified atom stereocenters. The van der Waals surface area contributed by atoms with Crippen molar-refractivity contribution >= 4 is 11.3 Å². The number of benzene rings is 1. The first-order valence-corrected chi connectivity index (χ1v) is 6.84. The molecule has 5 nitrogen and oxygen atoms in total. The molecule has 0 bridgehead atoms. The van der Waals surface area contributed by atoms with Gasteiger partial charge in [0.15, 0.2) is 0 Å². The fourth-order valence-electron chi connectivity index (χ4n) is 2.26. The van der Waals surface area contributed by atoms with Crippen molar-refractivity contribution in [2.45, 2.75) is 26.2 Å². The highest BCUT2D eigenvalue weighted by molar-refractivity contribution is 5.77. The Morgan fingerprint density at radius 3 is 2.48 bits per heavy atom. The van der Waals surface area contributed by atoms with Crippen LogP contribution < -0.4 is 11.3 Å². The number of nitrogens with one attached hydrogen (secondary N) is 1. The molecule has 3 N–H and O–H groups in total. The van der Waals surface area contributed by atoms with Gasteiger partial charge < -0.3 is 10.7 Å². The highest BCUT2D eigenvalue weighted by Crippen LogP contribution is 2.25. The molecular formula is C16H18N4O. The maximum absolute atomic E-state index is 12.2. The minimum atomic E-state index is -0.135. The van der Waals surface area contributed by atoms with E-state index < -0.39 is 0 Å². The third-order valence-electron chi connectivity index (χ3n) is 3.53. The molecule has 5 heteroatoms. The molecule has 0 aliphatic carbocycles. The lowest BCUT2D eigenvalue weighted by Crippen LogP contribution is -2.22. The summed E-state index contributed by atoms with van der Waals surface area (Å²) >= 11 is 0. The van der Waals surface area contributed by atoms with Crippen molar-refractivity contribution in [2.24, 2.45) is 0 Å². The smallest absolute Gasteiger partial charge is 0.274 e. The van der Waals surface area contributed by atoms with Gasteiger partial charge in [-0.25, -0.2) is 0 Å². The van der Waals surface area contributed by atoms with E-state index >= 15 is 0 Å². The van der Waals surface area contributed by atoms with Gasteiger partial charge in [0.2, 0.25) is 0 Å². The van der Waals surface area contributed by atoms with E-state index in [4.69, 9.17) is 5.73 Å². The third-order valence-corrected chi connectivity index (χ3v) is 3.53. The van der Waals surface area contributed by atoms with Crippen molar-refractivity contribution in [2.75, 3.05) is 5.73 Å². The molecule has 0 aliphatic rings. The first-order valence-electron chi connectivity index (χ1n) is 6.84. The van der Waals surface area contributed by atoms with E-state index in [1.165, 1.54) is 4.52 Å². The summed E-state index contributed by atoms with van der Waals surface area (Å²) in [6, 6.07) is 9.13. The zero-order valence-corrected chi connectivity index (χ0v) is 12.3. The Labute approximate surface area is 122 Å². The molecule has 1 aromatic carbocycles. The molecule has 0 saturated heterocycles. The van der Waals surface area contributed by atoms with Crippen LogP contribution in [0.25, 0.3) is 16.8 Å². The minimum absolute atomic E-state index is 0.129. The van der Waals surface area contributed by atoms with E-state index in [-0.39, 0.29) is 11.0 Å². The molecule has 0 spiro atoms. The van der Waals surface area contributed by atoms with Gasteiger partial charge in [0.05, 0.1) is 6.20 Å². The summed E-state index contributed by atoms with van der Waals surface area (Å²) in [6.45, 7) is 6.19. The number of hydrogen-bond donors (Lipinski definition) is 2. The van der Waals surface area contributed by atoms with Crippen molar-refractivity contribution < 1.29 is 0 Å². The van der Waals surface area contributed by atoms with E-state index in [1.807, 2.05) is 24.3 Å². The number of nitrogens with two attached hydrogens (primary N) is 1. The quantitative estimate of drug-likeness (QED) is 0.673. The van der Waals surface area contributed by atoms with Crippen LogP contribution in [-0.2, 0) is 5.41 Å². The Hall–Kier alpha value is -2.56. The van der Waals surface area contributed by atoms with Gasteiger partial charge >= 0.3 is 0 Å². The SMILES string of the molecule is CC(C)(C)c1cc(=O)n2ncc(-c3ccc(N)cc3)c2[nH]1. The summed E-state index contributed by atoms with van der Waals surface area (Å²) in [5, 5.41) is 4.18. The number of nitrogen functional groups attached to an aromatic ring is 1. The Kier molecular flexibility index (Phi) is 2.86. The molecule has 3 rings (SSSR count). The number of hydrogen-bond acceptors (Lipinski definition) is 3. The number of H-pyrrole nitrogens is 1. The second-order valence-corrected chi connectivity index (χ2v) is 6.21. The Morgan fingerprint density at radius 2 is 1.86 bits per heavy atom. The highest BCUT2D eigenvalue weighted by Gasteiger charge is 2.18. The van der Waals surface area contributed by atoms with Gasteiger partial charge in [0, 0.05) is 28.4 Å². The summed E-state index contributed by atoms with van der Waals surface area (Å²) in [7, 11) is 0. The van der Waals surface area contributed by atoms with Crippen LogP contribution in [0.15, 0.2) is 41.3 Å². The van der Waals surface area contributed by atoms with Gasteiger partial charge in [-0.1, -0.05) is 32.9 Å². The van der Waals surface area contributed by atoms with Crippen LogP contribution in [0.4, 0.5) is 5.69 Å². The van der Waals surface area contributed by atoms with E-state index in [0.717, 1.165) is 16.8 Å². The molecule has 21 heavy (non-hydrogen) atoms. The molecule has 0 atom stereocenters. The highest BCUT2D eigenvalue weighted by atomic mass is 16.1. The fraction of sp³-hybridized carbons (Fsp3) is 0.250. The largest absolute Gasteiger partial charge is 0.399 e. The average Bonchev–Trinajstić information content (AvgIpc) is 2.83. The van der Waals surface area contributed by atoms with Gasteiger partial charge in [0.25, 0.3) is 5.56 Å². The van der Waals surface area contributed by atoms with Crippen LogP contribution in [0.5, 0.6) is 0 Å². The van der Waals surface area contributed by atoms with Gasteiger partial charge in [-0.15, -0.1) is 0 Å². The molecule has 2 aromatic heterocycles. The molecule has 2 heterocycles. The van der Waals surface area contributed by atoms with Gasteiger partial charge in [-0.2, -0.15) is 9.61 Å². The van der Waals surface area contributed by atoms with E-state index in [9.17, 15) is 4.79 Å². The Bertz CT molecular complexity index is 851. The lowest BCUT2D eigenvalue weighted by atomic mass is 9.92. The summed E-state index contributed by atoms with van der Waals surface area (Å²) in [5.74, 6) is 0. The zero-order chi connectivity index (χ0) is 15.2. The predicted molar refractivity (Wildman–Crippen MR) is 84.4 cm³/mol. The van der Waals surface area contributed by atoms with E-state index in [2.05, 4.69) is 30.9 Å². The zero-order valence-electron chi connectivity index (χ0n) is 12.3. The lowest BCUT2D eigenvalue weighted by molar-refractivity contribution is 0.566. The van der Waals surface area contributed by atoms with Crippen molar-refractivity contribution in [3.8, 4) is 11.1 Å². The lowest BCUT2D eigenvalue weighted by Gasteiger charge is -2.18. The second kappa shape index (κ2) is 4.48. The number of anilines is 1. The van der Waals surface area contributed by atoms with Crippen LogP contribution in [-0.4, -0.2) is 14.6 Å². The number of aromatic amines is 1. The molecule has 3 aromatic rings. The number of aromatic nitrogens is 3. The van der Waals surface area contributed by atoms with Gasteiger partial charge in [-0.05, 0) is 17.7 Å². The summed E-state index contributed by atoms with van der Waals surface area (Å²) < 4.78 is 1.39. The molecular weight excluding hydrogens is 264 g/mol. The maximum Gasteiger partial charge on any atom is 0.274 e. The average molecular weight is 282 g/mol. The molecule has 0 aliphatic heterocycles. The topological polar surface area (TPSA) is 76.2 Å². The van der Waals surface area contributed by atoms with E-state index in [0.29, 0.717) is 11.3 Å². The fourth-order valence-corrected chi connectivity index (χ4v) is 2.26. The summed E-state index contributed by atoms with van der Waals surface area (Å²) in [6.07, 6.45) is 1.70. The van der Waals surface area contributed by atoms with Crippen LogP contribution in [0, 0.1) is 0 Å². The van der Waals surface area contributed by atoms with Crippen molar-refractivity contribution in [1.82, 2.24) is 14.6 Å². The molecule has 0 radical (unpaired) electrons. The summed E-state index contributed by atoms with van der Waals surface area (Å²) in [5.41, 5.74) is 9.61. The van der Waals surface area contributed by atoms with Gasteiger partial charge in [-0.3, -0.25) is 4.79 Å². The van der Waals surface area contributed by atoms with Crippen LogP contribution in [0.1, 0.15) is 26.5 Å².